The van der Waals surface area contributed by atoms with Crippen molar-refractivity contribution in [2.45, 2.75) is 6.54 Å². The summed E-state index contributed by atoms with van der Waals surface area (Å²) in [4.78, 5) is 39.1. The van der Waals surface area contributed by atoms with Gasteiger partial charge in [-0.1, -0.05) is 12.1 Å². The number of ether oxygens (including phenoxy) is 1. The number of carbonyl (C=O) groups excluding carboxylic acids is 2. The van der Waals surface area contributed by atoms with Gasteiger partial charge in [-0.15, -0.1) is 0 Å². The van der Waals surface area contributed by atoms with Crippen molar-refractivity contribution >= 4 is 11.7 Å². The first-order valence-electron chi connectivity index (χ1n) is 11.1. The van der Waals surface area contributed by atoms with E-state index in [-0.39, 0.29) is 36.7 Å². The van der Waals surface area contributed by atoms with Crippen LogP contribution in [0.3, 0.4) is 0 Å². The van der Waals surface area contributed by atoms with Crippen molar-refractivity contribution in [3.63, 3.8) is 0 Å². The van der Waals surface area contributed by atoms with Gasteiger partial charge in [-0.3, -0.25) is 19.3 Å². The topological polar surface area (TPSA) is 93.5 Å². The maximum Gasteiger partial charge on any atom is 0.267 e. The van der Waals surface area contributed by atoms with Crippen LogP contribution in [0.5, 0.6) is 0 Å². The van der Waals surface area contributed by atoms with Gasteiger partial charge in [0.1, 0.15) is 11.6 Å². The predicted molar refractivity (Wildman–Crippen MR) is 124 cm³/mol. The number of aromatic nitrogens is 2. The quantitative estimate of drug-likeness (QED) is 0.527. The Hall–Kier alpha value is -3.76. The zero-order valence-electron chi connectivity index (χ0n) is 18.9. The summed E-state index contributed by atoms with van der Waals surface area (Å²) in [6.07, 6.45) is 0. The van der Waals surface area contributed by atoms with E-state index in [0.29, 0.717) is 37.4 Å². The first-order valence-corrected chi connectivity index (χ1v) is 11.1. The van der Waals surface area contributed by atoms with Gasteiger partial charge < -0.3 is 10.1 Å². The molecular weight excluding hydrogens is 458 g/mol. The Labute approximate surface area is 200 Å². The molecule has 3 aromatic rings. The summed E-state index contributed by atoms with van der Waals surface area (Å²) in [5, 5.41) is 6.85. The molecule has 0 bridgehead atoms. The van der Waals surface area contributed by atoms with Crippen molar-refractivity contribution in [1.29, 1.82) is 0 Å². The van der Waals surface area contributed by atoms with Gasteiger partial charge >= 0.3 is 0 Å². The Bertz CT molecular complexity index is 1270. The molecule has 2 aromatic carbocycles. The molecule has 2 heterocycles. The number of halogens is 2. The van der Waals surface area contributed by atoms with E-state index in [2.05, 4.69) is 10.4 Å². The van der Waals surface area contributed by atoms with Crippen molar-refractivity contribution in [3.8, 4) is 11.3 Å². The molecule has 1 aliphatic rings. The Morgan fingerprint density at radius 1 is 1.00 bits per heavy atom. The minimum absolute atomic E-state index is 0.0432. The molecule has 4 rings (SSSR count). The Morgan fingerprint density at radius 3 is 2.49 bits per heavy atom. The molecule has 1 fully saturated rings. The summed E-state index contributed by atoms with van der Waals surface area (Å²) in [7, 11) is 0. The normalized spacial score (nSPS) is 14.0. The first kappa shape index (κ1) is 24.4. The number of Topliss-reactive ketones (excluding diaryl/α,β-unsaturated/α-hetero) is 1. The second kappa shape index (κ2) is 11.1. The molecule has 0 atom stereocenters. The average molecular weight is 482 g/mol. The van der Waals surface area contributed by atoms with Gasteiger partial charge in [-0.25, -0.2) is 13.5 Å². The van der Waals surface area contributed by atoms with Gasteiger partial charge in [0.2, 0.25) is 0 Å². The van der Waals surface area contributed by atoms with E-state index in [4.69, 9.17) is 4.74 Å². The number of ketones is 1. The van der Waals surface area contributed by atoms with E-state index < -0.39 is 23.1 Å². The van der Waals surface area contributed by atoms with Gasteiger partial charge in [0.15, 0.2) is 5.78 Å². The highest BCUT2D eigenvalue weighted by atomic mass is 19.1. The summed E-state index contributed by atoms with van der Waals surface area (Å²) in [5.74, 6) is -2.01. The van der Waals surface area contributed by atoms with E-state index >= 15 is 0 Å². The lowest BCUT2D eigenvalue weighted by molar-refractivity contribution is -0.120. The van der Waals surface area contributed by atoms with Crippen LogP contribution in [0, 0.1) is 11.6 Å². The zero-order chi connectivity index (χ0) is 24.8. The van der Waals surface area contributed by atoms with Gasteiger partial charge in [0.25, 0.3) is 11.5 Å². The maximum atomic E-state index is 13.6. The number of amides is 1. The van der Waals surface area contributed by atoms with Gasteiger partial charge in [0.05, 0.1) is 38.5 Å². The largest absolute Gasteiger partial charge is 0.379 e. The molecule has 0 spiro atoms. The minimum atomic E-state index is -0.748. The second-order valence-corrected chi connectivity index (χ2v) is 8.18. The highest BCUT2D eigenvalue weighted by molar-refractivity contribution is 5.97. The Kier molecular flexibility index (Phi) is 7.74. The number of hydrogen-bond donors (Lipinski definition) is 1. The third-order valence-electron chi connectivity index (χ3n) is 5.50. The summed E-state index contributed by atoms with van der Waals surface area (Å²) < 4.78 is 33.6. The molecule has 10 heteroatoms. The molecule has 1 amide bonds. The number of carbonyl (C=O) groups is 2. The summed E-state index contributed by atoms with van der Waals surface area (Å²) >= 11 is 0. The number of nitrogens with one attached hydrogen (secondary N) is 1. The van der Waals surface area contributed by atoms with Crippen LogP contribution in [-0.4, -0.2) is 65.8 Å². The fraction of sp³-hybridized carbons (Fsp3) is 0.280. The van der Waals surface area contributed by atoms with Gasteiger partial charge in [-0.2, -0.15) is 5.10 Å². The van der Waals surface area contributed by atoms with Crippen LogP contribution in [0.2, 0.25) is 0 Å². The van der Waals surface area contributed by atoms with Gasteiger partial charge in [0, 0.05) is 36.3 Å². The number of morpholine rings is 1. The molecule has 182 valence electrons. The molecule has 0 saturated carbocycles. The average Bonchev–Trinajstić information content (AvgIpc) is 2.84. The van der Waals surface area contributed by atoms with Crippen LogP contribution >= 0.6 is 0 Å². The molecular formula is C25H24F2N4O4. The minimum Gasteiger partial charge on any atom is -0.379 e. The third kappa shape index (κ3) is 6.65. The highest BCUT2D eigenvalue weighted by Crippen LogP contribution is 2.19. The van der Waals surface area contributed by atoms with E-state index in [9.17, 15) is 23.2 Å². The van der Waals surface area contributed by atoms with Crippen LogP contribution in [0.1, 0.15) is 15.9 Å². The van der Waals surface area contributed by atoms with Crippen molar-refractivity contribution in [1.82, 2.24) is 20.0 Å². The van der Waals surface area contributed by atoms with Crippen molar-refractivity contribution in [2.24, 2.45) is 0 Å². The lowest BCUT2D eigenvalue weighted by Crippen LogP contribution is -2.42. The predicted octanol–water partition coefficient (Wildman–Crippen LogP) is 1.87. The number of benzene rings is 2. The monoisotopic (exact) mass is 482 g/mol. The highest BCUT2D eigenvalue weighted by Gasteiger charge is 2.15. The molecule has 0 radical (unpaired) electrons. The Morgan fingerprint density at radius 2 is 1.74 bits per heavy atom. The SMILES string of the molecule is O=C(CNC(=O)c1cccc(Cn2nc(-c3cc(F)cc(F)c3)ccc2=O)c1)CN1CCOCC1. The van der Waals surface area contributed by atoms with Gasteiger partial charge in [-0.05, 0) is 35.9 Å². The molecule has 1 aromatic heterocycles. The molecule has 1 saturated heterocycles. The second-order valence-electron chi connectivity index (χ2n) is 8.18. The molecule has 35 heavy (non-hydrogen) atoms. The summed E-state index contributed by atoms with van der Waals surface area (Å²) in [5.41, 5.74) is 0.975. The van der Waals surface area contributed by atoms with Crippen LogP contribution in [0.25, 0.3) is 11.3 Å². The van der Waals surface area contributed by atoms with E-state index in [1.807, 2.05) is 4.90 Å². The van der Waals surface area contributed by atoms with Crippen LogP contribution < -0.4 is 10.9 Å². The fourth-order valence-electron chi connectivity index (χ4n) is 3.75. The smallest absolute Gasteiger partial charge is 0.267 e. The Balaban J connectivity index is 1.42. The third-order valence-corrected chi connectivity index (χ3v) is 5.50. The van der Waals surface area contributed by atoms with Crippen LogP contribution in [-0.2, 0) is 16.1 Å². The van der Waals surface area contributed by atoms with Crippen LogP contribution in [0.4, 0.5) is 8.78 Å². The van der Waals surface area contributed by atoms with E-state index in [0.717, 1.165) is 22.9 Å². The van der Waals surface area contributed by atoms with E-state index in [1.165, 1.54) is 12.1 Å². The van der Waals surface area contributed by atoms with Crippen molar-refractivity contribution in [2.75, 3.05) is 39.4 Å². The lowest BCUT2D eigenvalue weighted by Gasteiger charge is -2.25. The molecule has 0 unspecified atom stereocenters. The number of rotatable bonds is 8. The molecule has 1 aliphatic heterocycles. The van der Waals surface area contributed by atoms with Crippen molar-refractivity contribution in [3.05, 3.63) is 87.7 Å². The number of hydrogen-bond acceptors (Lipinski definition) is 6. The van der Waals surface area contributed by atoms with Crippen molar-refractivity contribution < 1.29 is 23.1 Å². The summed E-state index contributed by atoms with van der Waals surface area (Å²) in [6.45, 7) is 2.76. The fourth-order valence-corrected chi connectivity index (χ4v) is 3.75. The molecule has 8 nitrogen and oxygen atoms in total. The zero-order valence-corrected chi connectivity index (χ0v) is 18.9. The first-order chi connectivity index (χ1) is 16.9. The van der Waals surface area contributed by atoms with E-state index in [1.54, 1.807) is 24.3 Å². The van der Waals surface area contributed by atoms with Crippen LogP contribution in [0.15, 0.2) is 59.4 Å². The number of nitrogens with zero attached hydrogens (tertiary/aromatic N) is 3. The molecule has 0 aliphatic carbocycles. The molecule has 1 N–H and O–H groups in total. The standard InChI is InChI=1S/C25H24F2N4O4/c26-20-11-19(12-21(27)13-20)23-4-5-24(33)31(29-23)15-17-2-1-3-18(10-17)25(34)28-14-22(32)16-30-6-8-35-9-7-30/h1-5,10-13H,6-9,14-16H2,(H,28,34). The maximum absolute atomic E-state index is 13.6. The summed E-state index contributed by atoms with van der Waals surface area (Å²) in [6, 6.07) is 12.3. The lowest BCUT2D eigenvalue weighted by atomic mass is 10.1.